The number of nitrogens with one attached hydrogen (secondary N) is 1. The molecule has 6 nitrogen and oxygen atoms in total. The standard InChI is InChI=1S/C15H20FNO5/c1-3-22-15(21)11-8-10(4-5-12(11)16)14(20)13(19)6-7-17-9(2)18/h4-5,8,13-14,19-20H,3,6-7H2,1-2H3,(H,17,18). The van der Waals surface area contributed by atoms with E-state index in [-0.39, 0.29) is 36.6 Å². The summed E-state index contributed by atoms with van der Waals surface area (Å²) < 4.78 is 18.3. The first-order chi connectivity index (χ1) is 10.4. The van der Waals surface area contributed by atoms with Crippen molar-refractivity contribution in [3.05, 3.63) is 35.1 Å². The van der Waals surface area contributed by atoms with Crippen molar-refractivity contribution in [2.75, 3.05) is 13.2 Å². The van der Waals surface area contributed by atoms with Crippen LogP contribution in [0, 0.1) is 5.82 Å². The highest BCUT2D eigenvalue weighted by Gasteiger charge is 2.21. The highest BCUT2D eigenvalue weighted by Crippen LogP contribution is 2.22. The summed E-state index contributed by atoms with van der Waals surface area (Å²) in [4.78, 5) is 22.3. The summed E-state index contributed by atoms with van der Waals surface area (Å²) in [5.74, 6) is -1.84. The Kier molecular flexibility index (Phi) is 6.94. The fourth-order valence-corrected chi connectivity index (χ4v) is 1.87. The van der Waals surface area contributed by atoms with Gasteiger partial charge in [0.1, 0.15) is 11.9 Å². The van der Waals surface area contributed by atoms with Crippen LogP contribution in [0.2, 0.25) is 0 Å². The summed E-state index contributed by atoms with van der Waals surface area (Å²) in [6, 6.07) is 3.47. The topological polar surface area (TPSA) is 95.9 Å². The van der Waals surface area contributed by atoms with Gasteiger partial charge in [0.2, 0.25) is 5.91 Å². The van der Waals surface area contributed by atoms with E-state index in [1.807, 2.05) is 0 Å². The van der Waals surface area contributed by atoms with Gasteiger partial charge in [-0.05, 0) is 31.0 Å². The molecule has 1 aromatic rings. The zero-order chi connectivity index (χ0) is 16.7. The SMILES string of the molecule is CCOC(=O)c1cc(C(O)C(O)CCNC(C)=O)ccc1F. The van der Waals surface area contributed by atoms with Crippen LogP contribution in [-0.4, -0.2) is 41.3 Å². The summed E-state index contributed by atoms with van der Waals surface area (Å²) in [6.45, 7) is 3.23. The van der Waals surface area contributed by atoms with Crippen molar-refractivity contribution in [3.8, 4) is 0 Å². The number of aliphatic hydroxyl groups is 2. The van der Waals surface area contributed by atoms with E-state index >= 15 is 0 Å². The summed E-state index contributed by atoms with van der Waals surface area (Å²) in [7, 11) is 0. The Morgan fingerprint density at radius 1 is 1.36 bits per heavy atom. The highest BCUT2D eigenvalue weighted by molar-refractivity contribution is 5.89. The van der Waals surface area contributed by atoms with Crippen LogP contribution in [0.4, 0.5) is 4.39 Å². The van der Waals surface area contributed by atoms with Crippen molar-refractivity contribution < 1.29 is 28.9 Å². The Balaban J connectivity index is 2.80. The molecule has 0 fully saturated rings. The molecule has 1 rings (SSSR count). The first kappa shape index (κ1) is 18.1. The smallest absolute Gasteiger partial charge is 0.341 e. The molecular formula is C15H20FNO5. The average molecular weight is 313 g/mol. The first-order valence-corrected chi connectivity index (χ1v) is 6.94. The summed E-state index contributed by atoms with van der Waals surface area (Å²) in [5.41, 5.74) is -0.104. The molecule has 1 aromatic carbocycles. The summed E-state index contributed by atoms with van der Waals surface area (Å²) in [6.07, 6.45) is -2.35. The van der Waals surface area contributed by atoms with Crippen LogP contribution in [0.3, 0.4) is 0 Å². The minimum atomic E-state index is -1.30. The largest absolute Gasteiger partial charge is 0.462 e. The number of halogens is 1. The van der Waals surface area contributed by atoms with E-state index in [0.717, 1.165) is 12.1 Å². The fraction of sp³-hybridized carbons (Fsp3) is 0.467. The lowest BCUT2D eigenvalue weighted by Crippen LogP contribution is -2.27. The van der Waals surface area contributed by atoms with Crippen LogP contribution in [0.1, 0.15) is 42.3 Å². The van der Waals surface area contributed by atoms with E-state index in [1.165, 1.54) is 13.0 Å². The van der Waals surface area contributed by atoms with Gasteiger partial charge in [-0.1, -0.05) is 6.07 Å². The van der Waals surface area contributed by atoms with Crippen LogP contribution in [0.5, 0.6) is 0 Å². The van der Waals surface area contributed by atoms with E-state index < -0.39 is 24.0 Å². The predicted molar refractivity (Wildman–Crippen MR) is 76.6 cm³/mol. The number of carbonyl (C=O) groups excluding carboxylic acids is 2. The molecule has 0 spiro atoms. The molecule has 3 N–H and O–H groups in total. The third kappa shape index (κ3) is 5.09. The Bertz CT molecular complexity index is 535. The van der Waals surface area contributed by atoms with Gasteiger partial charge in [0.15, 0.2) is 0 Å². The molecule has 1 amide bonds. The molecule has 122 valence electrons. The molecule has 0 saturated carbocycles. The maximum Gasteiger partial charge on any atom is 0.341 e. The average Bonchev–Trinajstić information content (AvgIpc) is 2.46. The van der Waals surface area contributed by atoms with Crippen LogP contribution in [0.25, 0.3) is 0 Å². The van der Waals surface area contributed by atoms with Gasteiger partial charge < -0.3 is 20.3 Å². The number of esters is 1. The van der Waals surface area contributed by atoms with E-state index in [0.29, 0.717) is 0 Å². The Morgan fingerprint density at radius 2 is 2.05 bits per heavy atom. The maximum absolute atomic E-state index is 13.6. The highest BCUT2D eigenvalue weighted by atomic mass is 19.1. The van der Waals surface area contributed by atoms with E-state index in [9.17, 15) is 24.2 Å². The normalized spacial score (nSPS) is 13.3. The van der Waals surface area contributed by atoms with E-state index in [4.69, 9.17) is 4.74 Å². The lowest BCUT2D eigenvalue weighted by molar-refractivity contribution is -0.119. The molecule has 2 unspecified atom stereocenters. The molecule has 7 heteroatoms. The summed E-state index contributed by atoms with van der Waals surface area (Å²) >= 11 is 0. The number of rotatable bonds is 7. The van der Waals surface area contributed by atoms with Crippen molar-refractivity contribution in [2.24, 2.45) is 0 Å². The molecule has 0 aliphatic rings. The molecule has 0 bridgehead atoms. The van der Waals surface area contributed by atoms with Gasteiger partial charge in [0.25, 0.3) is 0 Å². The number of aliphatic hydroxyl groups excluding tert-OH is 2. The molecule has 0 aliphatic carbocycles. The lowest BCUT2D eigenvalue weighted by Gasteiger charge is -2.19. The van der Waals surface area contributed by atoms with Gasteiger partial charge in [-0.3, -0.25) is 4.79 Å². The van der Waals surface area contributed by atoms with Crippen molar-refractivity contribution in [3.63, 3.8) is 0 Å². The minimum absolute atomic E-state index is 0.102. The zero-order valence-corrected chi connectivity index (χ0v) is 12.5. The fourth-order valence-electron chi connectivity index (χ4n) is 1.87. The van der Waals surface area contributed by atoms with Gasteiger partial charge in [-0.25, -0.2) is 9.18 Å². The number of hydrogen-bond acceptors (Lipinski definition) is 5. The number of carbonyl (C=O) groups is 2. The number of benzene rings is 1. The molecule has 0 heterocycles. The van der Waals surface area contributed by atoms with Crippen LogP contribution in [-0.2, 0) is 9.53 Å². The van der Waals surface area contributed by atoms with E-state index in [1.54, 1.807) is 6.92 Å². The quantitative estimate of drug-likeness (QED) is 0.651. The van der Waals surface area contributed by atoms with Crippen LogP contribution < -0.4 is 5.32 Å². The molecule has 0 aromatic heterocycles. The molecule has 0 saturated heterocycles. The van der Waals surface area contributed by atoms with Gasteiger partial charge in [-0.2, -0.15) is 0 Å². The second-order valence-corrected chi connectivity index (χ2v) is 4.74. The lowest BCUT2D eigenvalue weighted by atomic mass is 10.00. The van der Waals surface area contributed by atoms with Gasteiger partial charge in [-0.15, -0.1) is 0 Å². The Morgan fingerprint density at radius 3 is 2.64 bits per heavy atom. The predicted octanol–water partition coefficient (Wildman–Crippen LogP) is 0.923. The molecular weight excluding hydrogens is 293 g/mol. The molecule has 0 aliphatic heterocycles. The monoisotopic (exact) mass is 313 g/mol. The second kappa shape index (κ2) is 8.45. The van der Waals surface area contributed by atoms with Crippen LogP contribution >= 0.6 is 0 Å². The van der Waals surface area contributed by atoms with Gasteiger partial charge in [0, 0.05) is 13.5 Å². The van der Waals surface area contributed by atoms with Crippen molar-refractivity contribution >= 4 is 11.9 Å². The third-order valence-electron chi connectivity index (χ3n) is 3.01. The zero-order valence-electron chi connectivity index (χ0n) is 12.5. The minimum Gasteiger partial charge on any atom is -0.462 e. The molecule has 2 atom stereocenters. The third-order valence-corrected chi connectivity index (χ3v) is 3.01. The van der Waals surface area contributed by atoms with Crippen molar-refractivity contribution in [1.29, 1.82) is 0 Å². The van der Waals surface area contributed by atoms with Crippen molar-refractivity contribution in [1.82, 2.24) is 5.32 Å². The number of hydrogen-bond donors (Lipinski definition) is 3. The van der Waals surface area contributed by atoms with Crippen LogP contribution in [0.15, 0.2) is 18.2 Å². The number of ether oxygens (including phenoxy) is 1. The molecule has 22 heavy (non-hydrogen) atoms. The maximum atomic E-state index is 13.6. The van der Waals surface area contributed by atoms with Crippen molar-refractivity contribution in [2.45, 2.75) is 32.5 Å². The van der Waals surface area contributed by atoms with Gasteiger partial charge >= 0.3 is 5.97 Å². The second-order valence-electron chi connectivity index (χ2n) is 4.74. The molecule has 0 radical (unpaired) electrons. The Hall–Kier alpha value is -1.99. The number of amides is 1. The van der Waals surface area contributed by atoms with E-state index in [2.05, 4.69) is 5.32 Å². The van der Waals surface area contributed by atoms with Gasteiger partial charge in [0.05, 0.1) is 18.3 Å². The first-order valence-electron chi connectivity index (χ1n) is 6.94. The summed E-state index contributed by atoms with van der Waals surface area (Å²) in [5, 5.41) is 22.4. The Labute approximate surface area is 127 Å².